The second kappa shape index (κ2) is 4.64. The highest BCUT2D eigenvalue weighted by atomic mass is 32.1. The van der Waals surface area contributed by atoms with Crippen LogP contribution in [0.15, 0.2) is 17.5 Å². The fourth-order valence-corrected chi connectivity index (χ4v) is 2.19. The highest BCUT2D eigenvalue weighted by Crippen LogP contribution is 2.17. The summed E-state index contributed by atoms with van der Waals surface area (Å²) >= 11 is 1.70. The maximum absolute atomic E-state index is 10.2. The molecule has 2 nitrogen and oxygen atoms in total. The van der Waals surface area contributed by atoms with Gasteiger partial charge >= 0.3 is 0 Å². The third kappa shape index (κ3) is 5.30. The zero-order valence-electron chi connectivity index (χ0n) is 10.0. The monoisotopic (exact) mass is 227 g/mol. The van der Waals surface area contributed by atoms with E-state index < -0.39 is 5.60 Å². The Labute approximate surface area is 96.3 Å². The minimum atomic E-state index is -0.669. The molecule has 3 heteroatoms. The first-order chi connectivity index (χ1) is 6.79. The predicted molar refractivity (Wildman–Crippen MR) is 66.4 cm³/mol. The molecule has 2 N–H and O–H groups in total. The minimum absolute atomic E-state index is 0.0550. The van der Waals surface area contributed by atoms with Crippen LogP contribution in [0, 0.1) is 0 Å². The summed E-state index contributed by atoms with van der Waals surface area (Å²) in [6.45, 7) is 8.82. The number of thiophene rings is 1. The molecule has 1 heterocycles. The van der Waals surface area contributed by atoms with Gasteiger partial charge in [0.25, 0.3) is 0 Å². The summed E-state index contributed by atoms with van der Waals surface area (Å²) in [7, 11) is 0. The Kier molecular flexibility index (Phi) is 3.93. The first-order valence-electron chi connectivity index (χ1n) is 5.28. The lowest BCUT2D eigenvalue weighted by molar-refractivity contribution is 0.0542. The van der Waals surface area contributed by atoms with Crippen molar-refractivity contribution in [2.45, 2.75) is 45.3 Å². The van der Waals surface area contributed by atoms with Gasteiger partial charge in [0.1, 0.15) is 0 Å². The van der Waals surface area contributed by atoms with Gasteiger partial charge in [0, 0.05) is 23.4 Å². The first-order valence-corrected chi connectivity index (χ1v) is 6.16. The molecule has 0 radical (unpaired) electrons. The average Bonchev–Trinajstić information content (AvgIpc) is 2.52. The van der Waals surface area contributed by atoms with E-state index in [4.69, 9.17) is 0 Å². The third-order valence-electron chi connectivity index (χ3n) is 2.13. The molecule has 86 valence electrons. The molecule has 0 fully saturated rings. The van der Waals surface area contributed by atoms with Crippen molar-refractivity contribution in [1.29, 1.82) is 0 Å². The number of rotatable bonds is 4. The van der Waals surface area contributed by atoms with Gasteiger partial charge in [-0.05, 0) is 39.1 Å². The Morgan fingerprint density at radius 2 is 2.00 bits per heavy atom. The topological polar surface area (TPSA) is 32.3 Å². The molecule has 1 rings (SSSR count). The van der Waals surface area contributed by atoms with Crippen molar-refractivity contribution in [2.24, 2.45) is 0 Å². The van der Waals surface area contributed by atoms with Gasteiger partial charge in [0.2, 0.25) is 0 Å². The molecule has 0 saturated heterocycles. The SMILES string of the molecule is CC(O)(CNC(C)(C)C)Cc1cccs1. The molecule has 1 aromatic heterocycles. The van der Waals surface area contributed by atoms with Crippen LogP contribution in [0.2, 0.25) is 0 Å². The van der Waals surface area contributed by atoms with Crippen molar-refractivity contribution >= 4 is 11.3 Å². The summed E-state index contributed by atoms with van der Waals surface area (Å²) in [5.74, 6) is 0. The fraction of sp³-hybridized carbons (Fsp3) is 0.667. The molecule has 15 heavy (non-hydrogen) atoms. The van der Waals surface area contributed by atoms with Gasteiger partial charge in [-0.15, -0.1) is 11.3 Å². The highest BCUT2D eigenvalue weighted by Gasteiger charge is 2.23. The van der Waals surface area contributed by atoms with Crippen LogP contribution in [0.1, 0.15) is 32.6 Å². The lowest BCUT2D eigenvalue weighted by Crippen LogP contribution is -2.47. The maximum Gasteiger partial charge on any atom is 0.0791 e. The Morgan fingerprint density at radius 3 is 2.47 bits per heavy atom. The lowest BCUT2D eigenvalue weighted by Gasteiger charge is -2.29. The largest absolute Gasteiger partial charge is 0.388 e. The molecule has 0 aliphatic heterocycles. The summed E-state index contributed by atoms with van der Waals surface area (Å²) in [5.41, 5.74) is -0.614. The van der Waals surface area contributed by atoms with E-state index in [0.717, 1.165) is 0 Å². The van der Waals surface area contributed by atoms with Crippen LogP contribution >= 0.6 is 11.3 Å². The van der Waals surface area contributed by atoms with E-state index in [1.807, 2.05) is 18.4 Å². The number of hydrogen-bond donors (Lipinski definition) is 2. The van der Waals surface area contributed by atoms with Crippen molar-refractivity contribution in [3.63, 3.8) is 0 Å². The standard InChI is InChI=1S/C12H21NOS/c1-11(2,3)13-9-12(4,14)8-10-6-5-7-15-10/h5-7,13-14H,8-9H2,1-4H3. The summed E-state index contributed by atoms with van der Waals surface area (Å²) in [4.78, 5) is 1.23. The van der Waals surface area contributed by atoms with Crippen LogP contribution in [-0.4, -0.2) is 22.8 Å². The molecular formula is C12H21NOS. The predicted octanol–water partition coefficient (Wildman–Crippen LogP) is 2.43. The Hall–Kier alpha value is -0.380. The average molecular weight is 227 g/mol. The van der Waals surface area contributed by atoms with Crippen LogP contribution in [-0.2, 0) is 6.42 Å². The van der Waals surface area contributed by atoms with E-state index >= 15 is 0 Å². The van der Waals surface area contributed by atoms with E-state index in [1.165, 1.54) is 4.88 Å². The normalized spacial score (nSPS) is 16.3. The quantitative estimate of drug-likeness (QED) is 0.828. The summed E-state index contributed by atoms with van der Waals surface area (Å²) in [6.07, 6.45) is 0.716. The van der Waals surface area contributed by atoms with Crippen molar-refractivity contribution < 1.29 is 5.11 Å². The summed E-state index contributed by atoms with van der Waals surface area (Å²) in [6, 6.07) is 4.09. The van der Waals surface area contributed by atoms with Gasteiger partial charge in [-0.1, -0.05) is 6.07 Å². The summed E-state index contributed by atoms with van der Waals surface area (Å²) in [5, 5.41) is 15.6. The molecule has 1 unspecified atom stereocenters. The van der Waals surface area contributed by atoms with Crippen LogP contribution in [0.5, 0.6) is 0 Å². The molecule has 0 aliphatic rings. The zero-order valence-corrected chi connectivity index (χ0v) is 10.8. The fourth-order valence-electron chi connectivity index (χ4n) is 1.31. The number of hydrogen-bond acceptors (Lipinski definition) is 3. The second-order valence-electron chi connectivity index (χ2n) is 5.36. The molecule has 0 aromatic carbocycles. The summed E-state index contributed by atoms with van der Waals surface area (Å²) < 4.78 is 0. The lowest BCUT2D eigenvalue weighted by atomic mass is 9.99. The first kappa shape index (κ1) is 12.7. The Morgan fingerprint density at radius 1 is 1.33 bits per heavy atom. The van der Waals surface area contributed by atoms with Crippen molar-refractivity contribution in [1.82, 2.24) is 5.32 Å². The zero-order chi connectivity index (χ0) is 11.5. The molecule has 0 saturated carbocycles. The molecule has 0 bridgehead atoms. The molecular weight excluding hydrogens is 206 g/mol. The maximum atomic E-state index is 10.2. The molecule has 0 spiro atoms. The van der Waals surface area contributed by atoms with Gasteiger partial charge in [-0.3, -0.25) is 0 Å². The van der Waals surface area contributed by atoms with Gasteiger partial charge in [0.05, 0.1) is 5.60 Å². The molecule has 0 aliphatic carbocycles. The number of β-amino-alcohol motifs (C(OH)–C–C–N with tert-alkyl or cyclic N) is 1. The Bertz CT molecular complexity index is 285. The van der Waals surface area contributed by atoms with Gasteiger partial charge < -0.3 is 10.4 Å². The van der Waals surface area contributed by atoms with Crippen molar-refractivity contribution in [2.75, 3.05) is 6.54 Å². The third-order valence-corrected chi connectivity index (χ3v) is 3.01. The van der Waals surface area contributed by atoms with E-state index in [9.17, 15) is 5.11 Å². The van der Waals surface area contributed by atoms with Crippen LogP contribution in [0.3, 0.4) is 0 Å². The van der Waals surface area contributed by atoms with Gasteiger partial charge in [-0.2, -0.15) is 0 Å². The highest BCUT2D eigenvalue weighted by molar-refractivity contribution is 7.09. The number of nitrogens with one attached hydrogen (secondary N) is 1. The molecule has 1 aromatic rings. The molecule has 0 amide bonds. The van der Waals surface area contributed by atoms with Crippen molar-refractivity contribution in [3.8, 4) is 0 Å². The Balaban J connectivity index is 2.45. The second-order valence-corrected chi connectivity index (χ2v) is 6.39. The van der Waals surface area contributed by atoms with E-state index in [0.29, 0.717) is 13.0 Å². The minimum Gasteiger partial charge on any atom is -0.388 e. The van der Waals surface area contributed by atoms with E-state index in [1.54, 1.807) is 11.3 Å². The van der Waals surface area contributed by atoms with Crippen LogP contribution in [0.25, 0.3) is 0 Å². The smallest absolute Gasteiger partial charge is 0.0791 e. The van der Waals surface area contributed by atoms with Gasteiger partial charge in [0.15, 0.2) is 0 Å². The molecule has 1 atom stereocenters. The van der Waals surface area contributed by atoms with Crippen molar-refractivity contribution in [3.05, 3.63) is 22.4 Å². The van der Waals surface area contributed by atoms with Gasteiger partial charge in [-0.25, -0.2) is 0 Å². The van der Waals surface area contributed by atoms with Crippen LogP contribution < -0.4 is 5.32 Å². The van der Waals surface area contributed by atoms with E-state index in [-0.39, 0.29) is 5.54 Å². The number of aliphatic hydroxyl groups is 1. The van der Waals surface area contributed by atoms with E-state index in [2.05, 4.69) is 32.2 Å². The van der Waals surface area contributed by atoms with Crippen LogP contribution in [0.4, 0.5) is 0 Å².